The lowest BCUT2D eigenvalue weighted by Gasteiger charge is -2.28. The first-order valence-electron chi connectivity index (χ1n) is 10.5. The molecule has 1 fully saturated rings. The van der Waals surface area contributed by atoms with E-state index in [1.165, 1.54) is 9.80 Å². The van der Waals surface area contributed by atoms with Gasteiger partial charge >= 0.3 is 12.0 Å². The van der Waals surface area contributed by atoms with Crippen LogP contribution in [0.5, 0.6) is 0 Å². The molecule has 0 saturated carbocycles. The van der Waals surface area contributed by atoms with Gasteiger partial charge in [-0.2, -0.15) is 0 Å². The Labute approximate surface area is 182 Å². The van der Waals surface area contributed by atoms with Crippen LogP contribution in [0.1, 0.15) is 24.0 Å². The summed E-state index contributed by atoms with van der Waals surface area (Å²) in [6, 6.07) is 17.2. The fraction of sp³-hybridized carbons (Fsp3) is 0.375. The number of amides is 2. The summed E-state index contributed by atoms with van der Waals surface area (Å²) in [6.45, 7) is 0.522. The molecule has 7 nitrogen and oxygen atoms in total. The molecule has 2 aromatic carbocycles. The van der Waals surface area contributed by atoms with Crippen molar-refractivity contribution in [2.24, 2.45) is 5.73 Å². The molecule has 2 amide bonds. The first kappa shape index (κ1) is 22.5. The van der Waals surface area contributed by atoms with Gasteiger partial charge in [-0.25, -0.2) is 9.59 Å². The molecule has 1 aliphatic rings. The van der Waals surface area contributed by atoms with Crippen molar-refractivity contribution in [2.45, 2.75) is 38.0 Å². The van der Waals surface area contributed by atoms with Crippen molar-refractivity contribution in [1.82, 2.24) is 9.80 Å². The van der Waals surface area contributed by atoms with E-state index in [2.05, 4.69) is 0 Å². The van der Waals surface area contributed by atoms with Crippen LogP contribution in [0.3, 0.4) is 0 Å². The highest BCUT2D eigenvalue weighted by atomic mass is 16.5. The van der Waals surface area contributed by atoms with Crippen molar-refractivity contribution in [2.75, 3.05) is 20.1 Å². The topological polar surface area (TPSA) is 92.9 Å². The van der Waals surface area contributed by atoms with E-state index < -0.39 is 18.1 Å². The van der Waals surface area contributed by atoms with E-state index in [0.29, 0.717) is 25.8 Å². The Hall–Kier alpha value is -3.19. The highest BCUT2D eigenvalue weighted by Crippen LogP contribution is 2.20. The smallest absolute Gasteiger partial charge is 0.329 e. The second-order valence-electron chi connectivity index (χ2n) is 7.85. The Morgan fingerprint density at radius 2 is 1.68 bits per heavy atom. The third-order valence-electron chi connectivity index (χ3n) is 5.43. The molecule has 2 N–H and O–H groups in total. The fourth-order valence-electron chi connectivity index (χ4n) is 3.69. The van der Waals surface area contributed by atoms with Gasteiger partial charge in [-0.05, 0) is 30.4 Å². The molecule has 0 spiro atoms. The Balaban J connectivity index is 1.52. The maximum atomic E-state index is 12.9. The van der Waals surface area contributed by atoms with Crippen molar-refractivity contribution in [3.63, 3.8) is 0 Å². The lowest BCUT2D eigenvalue weighted by molar-refractivity contribution is -0.149. The largest absolute Gasteiger partial charge is 0.459 e. The van der Waals surface area contributed by atoms with Crippen LogP contribution >= 0.6 is 0 Å². The predicted octanol–water partition coefficient (Wildman–Crippen LogP) is 2.39. The second kappa shape index (κ2) is 10.7. The predicted molar refractivity (Wildman–Crippen MR) is 117 cm³/mol. The number of nitrogens with two attached hydrogens (primary N) is 1. The first-order valence-corrected chi connectivity index (χ1v) is 10.5. The van der Waals surface area contributed by atoms with Crippen LogP contribution in [-0.2, 0) is 27.4 Å². The van der Waals surface area contributed by atoms with E-state index in [1.54, 1.807) is 7.05 Å². The second-order valence-corrected chi connectivity index (χ2v) is 7.85. The number of likely N-dealkylation sites (N-methyl/N-ethyl adjacent to an activating group) is 1. The van der Waals surface area contributed by atoms with Crippen molar-refractivity contribution >= 4 is 17.8 Å². The van der Waals surface area contributed by atoms with Gasteiger partial charge < -0.3 is 20.3 Å². The van der Waals surface area contributed by atoms with Gasteiger partial charge in [0.2, 0.25) is 0 Å². The average molecular weight is 424 g/mol. The van der Waals surface area contributed by atoms with Crippen LogP contribution in [0.25, 0.3) is 0 Å². The van der Waals surface area contributed by atoms with E-state index in [9.17, 15) is 14.4 Å². The molecule has 1 aliphatic heterocycles. The summed E-state index contributed by atoms with van der Waals surface area (Å²) in [5.41, 5.74) is 7.91. The zero-order chi connectivity index (χ0) is 22.2. The quantitative estimate of drug-likeness (QED) is 0.658. The zero-order valence-corrected chi connectivity index (χ0v) is 17.8. The zero-order valence-electron chi connectivity index (χ0n) is 17.8. The van der Waals surface area contributed by atoms with E-state index in [1.807, 2.05) is 60.7 Å². The molecule has 0 bridgehead atoms. The van der Waals surface area contributed by atoms with Crippen LogP contribution < -0.4 is 5.73 Å². The van der Waals surface area contributed by atoms with Gasteiger partial charge in [-0.1, -0.05) is 60.7 Å². The van der Waals surface area contributed by atoms with Crippen LogP contribution in [0.15, 0.2) is 60.7 Å². The van der Waals surface area contributed by atoms with Crippen molar-refractivity contribution in [1.29, 1.82) is 0 Å². The van der Waals surface area contributed by atoms with Gasteiger partial charge in [-0.15, -0.1) is 0 Å². The standard InChI is InChI=1S/C24H29N3O4/c1-26(16-22(28)20(25)15-18-9-4-2-5-10-18)24(30)27-14-8-13-21(27)23(29)31-17-19-11-6-3-7-12-19/h2-7,9-12,20-21H,8,13-17,25H2,1H3/t20-,21-/m0/s1. The van der Waals surface area contributed by atoms with E-state index in [0.717, 1.165) is 11.1 Å². The van der Waals surface area contributed by atoms with Crippen LogP contribution in [0.2, 0.25) is 0 Å². The minimum atomic E-state index is -0.692. The molecule has 164 valence electrons. The maximum absolute atomic E-state index is 12.9. The summed E-state index contributed by atoms with van der Waals surface area (Å²) >= 11 is 0. The third kappa shape index (κ3) is 6.15. The highest BCUT2D eigenvalue weighted by Gasteiger charge is 2.37. The number of benzene rings is 2. The molecule has 2 aromatic rings. The fourth-order valence-corrected chi connectivity index (χ4v) is 3.69. The molecule has 7 heteroatoms. The van der Waals surface area contributed by atoms with Gasteiger partial charge in [0.15, 0.2) is 5.78 Å². The number of rotatable bonds is 8. The monoisotopic (exact) mass is 423 g/mol. The minimum Gasteiger partial charge on any atom is -0.459 e. The van der Waals surface area contributed by atoms with E-state index in [4.69, 9.17) is 10.5 Å². The molecule has 0 aromatic heterocycles. The van der Waals surface area contributed by atoms with Crippen LogP contribution in [0.4, 0.5) is 4.79 Å². The number of hydrogen-bond donors (Lipinski definition) is 1. The number of ketones is 1. The average Bonchev–Trinajstić information content (AvgIpc) is 3.28. The molecular formula is C24H29N3O4. The summed E-state index contributed by atoms with van der Waals surface area (Å²) in [6.07, 6.45) is 1.68. The molecule has 31 heavy (non-hydrogen) atoms. The number of Topliss-reactive ketones (excluding diaryl/α,β-unsaturated/α-hetero) is 1. The number of likely N-dealkylation sites (tertiary alicyclic amines) is 1. The SMILES string of the molecule is CN(CC(=O)[C@@H](N)Cc1ccccc1)C(=O)N1CCC[C@H]1C(=O)OCc1ccccc1. The van der Waals surface area contributed by atoms with Gasteiger partial charge in [-0.3, -0.25) is 4.79 Å². The Kier molecular flexibility index (Phi) is 7.78. The molecule has 1 heterocycles. The van der Waals surface area contributed by atoms with E-state index in [-0.39, 0.29) is 25.0 Å². The Morgan fingerprint density at radius 3 is 2.32 bits per heavy atom. The van der Waals surface area contributed by atoms with E-state index >= 15 is 0 Å². The molecule has 2 atom stereocenters. The number of nitrogens with zero attached hydrogens (tertiary/aromatic N) is 2. The third-order valence-corrected chi connectivity index (χ3v) is 5.43. The van der Waals surface area contributed by atoms with Gasteiger partial charge in [0.05, 0.1) is 12.6 Å². The first-order chi connectivity index (χ1) is 15.0. The minimum absolute atomic E-state index is 0.102. The van der Waals surface area contributed by atoms with Crippen LogP contribution in [0, 0.1) is 0 Å². The Bertz CT molecular complexity index is 888. The molecule has 0 radical (unpaired) electrons. The Morgan fingerprint density at radius 1 is 1.06 bits per heavy atom. The highest BCUT2D eigenvalue weighted by molar-refractivity contribution is 5.90. The van der Waals surface area contributed by atoms with Crippen molar-refractivity contribution in [3.8, 4) is 0 Å². The molecule has 3 rings (SSSR count). The molecular weight excluding hydrogens is 394 g/mol. The lowest BCUT2D eigenvalue weighted by Crippen LogP contribution is -2.50. The van der Waals surface area contributed by atoms with Crippen molar-refractivity contribution < 1.29 is 19.1 Å². The summed E-state index contributed by atoms with van der Waals surface area (Å²) in [7, 11) is 1.56. The van der Waals surface area contributed by atoms with Crippen molar-refractivity contribution in [3.05, 3.63) is 71.8 Å². The number of ether oxygens (including phenoxy) is 1. The normalized spacial score (nSPS) is 16.6. The molecule has 0 aliphatic carbocycles. The maximum Gasteiger partial charge on any atom is 0.329 e. The number of esters is 1. The summed E-state index contributed by atoms with van der Waals surface area (Å²) in [5.74, 6) is -0.641. The lowest BCUT2D eigenvalue weighted by atomic mass is 10.0. The number of urea groups is 1. The van der Waals surface area contributed by atoms with Gasteiger partial charge in [0.25, 0.3) is 0 Å². The summed E-state index contributed by atoms with van der Waals surface area (Å²) < 4.78 is 5.42. The number of carbonyl (C=O) groups is 3. The van der Waals surface area contributed by atoms with Crippen LogP contribution in [-0.4, -0.2) is 59.8 Å². The summed E-state index contributed by atoms with van der Waals surface area (Å²) in [5, 5.41) is 0. The number of carbonyl (C=O) groups excluding carboxylic acids is 3. The number of hydrogen-bond acceptors (Lipinski definition) is 5. The molecule has 1 saturated heterocycles. The van der Waals surface area contributed by atoms with Gasteiger partial charge in [0, 0.05) is 13.6 Å². The van der Waals surface area contributed by atoms with Gasteiger partial charge in [0.1, 0.15) is 12.6 Å². The molecule has 0 unspecified atom stereocenters. The summed E-state index contributed by atoms with van der Waals surface area (Å²) in [4.78, 5) is 40.8.